The molecule has 2 atom stereocenters. The van der Waals surface area contributed by atoms with E-state index in [1.807, 2.05) is 44.2 Å². The highest BCUT2D eigenvalue weighted by Gasteiger charge is 2.23. The van der Waals surface area contributed by atoms with E-state index < -0.39 is 10.8 Å². The molecule has 0 spiro atoms. The highest BCUT2D eigenvalue weighted by molar-refractivity contribution is 6.01. The summed E-state index contributed by atoms with van der Waals surface area (Å²) in [4.78, 5) is 23.0. The van der Waals surface area contributed by atoms with Crippen LogP contribution in [0.1, 0.15) is 41.3 Å². The summed E-state index contributed by atoms with van der Waals surface area (Å²) in [7, 11) is 0. The summed E-state index contributed by atoms with van der Waals surface area (Å²) >= 11 is 0. The van der Waals surface area contributed by atoms with Crippen molar-refractivity contribution in [1.82, 2.24) is 5.32 Å². The van der Waals surface area contributed by atoms with E-state index in [-0.39, 0.29) is 28.9 Å². The third-order valence-electron chi connectivity index (χ3n) is 4.18. The minimum absolute atomic E-state index is 0.0937. The van der Waals surface area contributed by atoms with Gasteiger partial charge in [-0.1, -0.05) is 37.3 Å². The fourth-order valence-corrected chi connectivity index (χ4v) is 2.57. The normalized spacial score (nSPS) is 13.1. The van der Waals surface area contributed by atoms with E-state index in [0.717, 1.165) is 5.56 Å². The number of amides is 1. The Balaban J connectivity index is 2.22. The maximum Gasteiger partial charge on any atom is 0.293 e. The van der Waals surface area contributed by atoms with Crippen molar-refractivity contribution in [2.45, 2.75) is 32.7 Å². The van der Waals surface area contributed by atoms with Crippen molar-refractivity contribution in [2.24, 2.45) is 0 Å². The van der Waals surface area contributed by atoms with Gasteiger partial charge in [-0.05, 0) is 31.0 Å². The van der Waals surface area contributed by atoms with Gasteiger partial charge in [0.05, 0.1) is 10.5 Å². The summed E-state index contributed by atoms with van der Waals surface area (Å²) in [6.45, 7) is 5.61. The lowest BCUT2D eigenvalue weighted by Gasteiger charge is -2.22. The Labute approximate surface area is 140 Å². The first-order chi connectivity index (χ1) is 11.3. The number of nitrogens with zero attached hydrogens (tertiary/aromatic N) is 1. The van der Waals surface area contributed by atoms with Gasteiger partial charge in [0, 0.05) is 18.0 Å². The Hall–Kier alpha value is -2.89. The summed E-state index contributed by atoms with van der Waals surface area (Å²) in [6, 6.07) is 12.6. The second-order valence-electron chi connectivity index (χ2n) is 5.96. The summed E-state index contributed by atoms with van der Waals surface area (Å²) in [5, 5.41) is 13.9. The molecule has 126 valence electrons. The van der Waals surface area contributed by atoms with Gasteiger partial charge in [-0.25, -0.2) is 0 Å². The average molecular weight is 327 g/mol. The number of nitrogen functional groups attached to an aromatic ring is 1. The van der Waals surface area contributed by atoms with E-state index >= 15 is 0 Å². The number of hydrogen-bond donors (Lipinski definition) is 2. The second kappa shape index (κ2) is 7.12. The highest BCUT2D eigenvalue weighted by Crippen LogP contribution is 2.27. The van der Waals surface area contributed by atoms with Gasteiger partial charge in [-0.2, -0.15) is 0 Å². The summed E-state index contributed by atoms with van der Waals surface area (Å²) in [6.07, 6.45) is 0. The molecule has 0 fully saturated rings. The average Bonchev–Trinajstić information content (AvgIpc) is 2.56. The monoisotopic (exact) mass is 327 g/mol. The number of rotatable bonds is 5. The molecule has 2 rings (SSSR count). The van der Waals surface area contributed by atoms with Crippen LogP contribution in [0.25, 0.3) is 0 Å². The Morgan fingerprint density at radius 1 is 1.21 bits per heavy atom. The summed E-state index contributed by atoms with van der Waals surface area (Å²) in [5.74, 6) is -0.314. The van der Waals surface area contributed by atoms with E-state index in [2.05, 4.69) is 5.32 Å². The van der Waals surface area contributed by atoms with Crippen molar-refractivity contribution >= 4 is 17.3 Å². The van der Waals surface area contributed by atoms with Crippen molar-refractivity contribution in [3.63, 3.8) is 0 Å². The van der Waals surface area contributed by atoms with Gasteiger partial charge in [0.15, 0.2) is 0 Å². The van der Waals surface area contributed by atoms with Crippen molar-refractivity contribution in [1.29, 1.82) is 0 Å². The number of carbonyl (C=O) groups excluding carboxylic acids is 1. The van der Waals surface area contributed by atoms with E-state index in [0.29, 0.717) is 5.56 Å². The van der Waals surface area contributed by atoms with Crippen molar-refractivity contribution < 1.29 is 9.72 Å². The molecule has 0 saturated carbocycles. The fraction of sp³-hybridized carbons (Fsp3) is 0.278. The van der Waals surface area contributed by atoms with Gasteiger partial charge in [-0.3, -0.25) is 14.9 Å². The van der Waals surface area contributed by atoms with Gasteiger partial charge in [0.1, 0.15) is 5.69 Å². The maximum absolute atomic E-state index is 12.5. The molecule has 2 unspecified atom stereocenters. The zero-order valence-corrected chi connectivity index (χ0v) is 13.9. The number of nitrogens with one attached hydrogen (secondary N) is 1. The number of anilines is 1. The van der Waals surface area contributed by atoms with Crippen LogP contribution in [-0.2, 0) is 0 Å². The number of nitrogens with two attached hydrogens (primary N) is 1. The van der Waals surface area contributed by atoms with Crippen LogP contribution in [0, 0.1) is 17.0 Å². The first-order valence-electron chi connectivity index (χ1n) is 7.71. The molecule has 0 saturated heterocycles. The first kappa shape index (κ1) is 17.5. The smallest absolute Gasteiger partial charge is 0.293 e. The van der Waals surface area contributed by atoms with Gasteiger partial charge in [0.2, 0.25) is 0 Å². The maximum atomic E-state index is 12.5. The van der Waals surface area contributed by atoms with Gasteiger partial charge in [-0.15, -0.1) is 0 Å². The number of aryl methyl sites for hydroxylation is 1. The molecule has 0 bridgehead atoms. The molecular formula is C18H21N3O3. The number of nitro benzene ring substituents is 1. The van der Waals surface area contributed by atoms with Crippen LogP contribution in [0.4, 0.5) is 11.4 Å². The zero-order valence-electron chi connectivity index (χ0n) is 13.9. The number of nitro groups is 1. The molecule has 0 aliphatic heterocycles. The highest BCUT2D eigenvalue weighted by atomic mass is 16.6. The molecule has 6 heteroatoms. The molecule has 3 N–H and O–H groups in total. The fourth-order valence-electron chi connectivity index (χ4n) is 2.57. The predicted octanol–water partition coefficient (Wildman–Crippen LogP) is 3.41. The molecule has 6 nitrogen and oxygen atoms in total. The largest absolute Gasteiger partial charge is 0.393 e. The summed E-state index contributed by atoms with van der Waals surface area (Å²) in [5.41, 5.74) is 7.31. The third kappa shape index (κ3) is 3.71. The van der Waals surface area contributed by atoms with E-state index in [9.17, 15) is 14.9 Å². The molecule has 0 aromatic heterocycles. The predicted molar refractivity (Wildman–Crippen MR) is 94.0 cm³/mol. The standard InChI is InChI=1S/C18H21N3O3/c1-11-9-15(17(19)16(10-11)21(23)24)18(22)20-13(3)12(2)14-7-5-4-6-8-14/h4-10,12-13H,19H2,1-3H3,(H,20,22). The van der Waals surface area contributed by atoms with E-state index in [1.165, 1.54) is 6.07 Å². The van der Waals surface area contributed by atoms with Gasteiger partial charge in [0.25, 0.3) is 11.6 Å². The van der Waals surface area contributed by atoms with E-state index in [4.69, 9.17) is 5.73 Å². The Morgan fingerprint density at radius 3 is 2.42 bits per heavy atom. The summed E-state index contributed by atoms with van der Waals surface area (Å²) < 4.78 is 0. The molecule has 2 aromatic rings. The number of benzene rings is 2. The van der Waals surface area contributed by atoms with Crippen molar-refractivity contribution in [3.05, 3.63) is 69.3 Å². The van der Waals surface area contributed by atoms with Crippen LogP contribution in [-0.4, -0.2) is 16.9 Å². The van der Waals surface area contributed by atoms with Crippen LogP contribution in [0.2, 0.25) is 0 Å². The lowest BCUT2D eigenvalue weighted by Crippen LogP contribution is -2.36. The number of hydrogen-bond acceptors (Lipinski definition) is 4. The van der Waals surface area contributed by atoms with Gasteiger partial charge < -0.3 is 11.1 Å². The quantitative estimate of drug-likeness (QED) is 0.499. The molecule has 2 aromatic carbocycles. The van der Waals surface area contributed by atoms with Crippen LogP contribution < -0.4 is 11.1 Å². The lowest BCUT2D eigenvalue weighted by atomic mass is 9.94. The topological polar surface area (TPSA) is 98.3 Å². The minimum atomic E-state index is -0.574. The number of carbonyl (C=O) groups is 1. The van der Waals surface area contributed by atoms with Gasteiger partial charge >= 0.3 is 0 Å². The third-order valence-corrected chi connectivity index (χ3v) is 4.18. The van der Waals surface area contributed by atoms with Crippen LogP contribution >= 0.6 is 0 Å². The molecule has 0 radical (unpaired) electrons. The van der Waals surface area contributed by atoms with Crippen LogP contribution in [0.3, 0.4) is 0 Å². The molecule has 1 amide bonds. The zero-order chi connectivity index (χ0) is 17.9. The molecule has 0 aliphatic rings. The van der Waals surface area contributed by atoms with Crippen LogP contribution in [0.5, 0.6) is 0 Å². The van der Waals surface area contributed by atoms with Crippen molar-refractivity contribution in [3.8, 4) is 0 Å². The Kier molecular flexibility index (Phi) is 5.18. The first-order valence-corrected chi connectivity index (χ1v) is 7.71. The van der Waals surface area contributed by atoms with E-state index in [1.54, 1.807) is 13.0 Å². The SMILES string of the molecule is Cc1cc(C(=O)NC(C)C(C)c2ccccc2)c(N)c([N+](=O)[O-])c1. The molecule has 0 aliphatic carbocycles. The Morgan fingerprint density at radius 2 is 1.83 bits per heavy atom. The lowest BCUT2D eigenvalue weighted by molar-refractivity contribution is -0.384. The van der Waals surface area contributed by atoms with Crippen LogP contribution in [0.15, 0.2) is 42.5 Å². The second-order valence-corrected chi connectivity index (χ2v) is 5.96. The molecular weight excluding hydrogens is 306 g/mol. The minimum Gasteiger partial charge on any atom is -0.393 e. The molecule has 0 heterocycles. The Bertz CT molecular complexity index is 760. The molecule has 24 heavy (non-hydrogen) atoms. The van der Waals surface area contributed by atoms with Crippen molar-refractivity contribution in [2.75, 3.05) is 5.73 Å².